The molecule has 0 aromatic carbocycles. The molecule has 0 saturated carbocycles. The van der Waals surface area contributed by atoms with Gasteiger partial charge in [-0.25, -0.2) is 19.4 Å². The molecule has 0 aliphatic carbocycles. The molecule has 0 radical (unpaired) electrons. The summed E-state index contributed by atoms with van der Waals surface area (Å²) in [5.74, 6) is 1.46. The predicted molar refractivity (Wildman–Crippen MR) is 123 cm³/mol. The third-order valence-electron chi connectivity index (χ3n) is 5.01. The summed E-state index contributed by atoms with van der Waals surface area (Å²) in [6.45, 7) is 19.0. The lowest BCUT2D eigenvalue weighted by molar-refractivity contribution is -0.243. The fourth-order valence-corrected chi connectivity index (χ4v) is 3.29. The topological polar surface area (TPSA) is 174 Å². The molecule has 0 aromatic rings. The van der Waals surface area contributed by atoms with E-state index in [0.29, 0.717) is 24.0 Å². The summed E-state index contributed by atoms with van der Waals surface area (Å²) < 4.78 is 0. The Morgan fingerprint density at radius 3 is 1.00 bits per heavy atom. The third kappa shape index (κ3) is 35.8. The molecule has 196 valence electrons. The van der Waals surface area contributed by atoms with Crippen molar-refractivity contribution < 1.29 is 50.3 Å². The highest BCUT2D eigenvalue weighted by Crippen LogP contribution is 2.32. The number of rotatable bonds is 10. The largest absolute Gasteiger partial charge is 0.503 e. The van der Waals surface area contributed by atoms with E-state index in [9.17, 15) is 0 Å². The maximum Gasteiger partial charge on any atom is 0.503 e. The Bertz CT molecular complexity index is 379. The Balaban J connectivity index is -0.000000184. The lowest BCUT2D eigenvalue weighted by Crippen LogP contribution is -2.20. The van der Waals surface area contributed by atoms with Gasteiger partial charge in [0.2, 0.25) is 0 Å². The quantitative estimate of drug-likeness (QED) is 0.109. The van der Waals surface area contributed by atoms with E-state index in [1.807, 2.05) is 0 Å². The first-order chi connectivity index (χ1) is 14.5. The standard InChI is InChI=1S/2C10H22O2.2CH2O3/c2*1-5-9(10(2,3)4)7-6-8-12-11;2*2-1(3)4/h2*9,11H,5-8H2,1-4H3;2*(H2,2,3,4). The van der Waals surface area contributed by atoms with Crippen LogP contribution >= 0.6 is 0 Å². The maximum absolute atomic E-state index is 8.56. The van der Waals surface area contributed by atoms with E-state index in [2.05, 4.69) is 65.2 Å². The van der Waals surface area contributed by atoms with E-state index in [4.69, 9.17) is 40.5 Å². The molecule has 0 spiro atoms. The average Bonchev–Trinajstić information content (AvgIpc) is 2.60. The Kier molecular flexibility index (Phi) is 26.6. The van der Waals surface area contributed by atoms with Crippen LogP contribution in [0.2, 0.25) is 0 Å². The maximum atomic E-state index is 8.56. The fraction of sp³-hybridized carbons (Fsp3) is 0.909. The summed E-state index contributed by atoms with van der Waals surface area (Å²) in [4.78, 5) is 25.2. The highest BCUT2D eigenvalue weighted by Gasteiger charge is 2.22. The zero-order valence-corrected chi connectivity index (χ0v) is 21.1. The molecule has 0 bridgehead atoms. The number of carboxylic acid groups (broad SMARTS) is 4. The summed E-state index contributed by atoms with van der Waals surface area (Å²) in [6.07, 6.45) is 2.92. The van der Waals surface area contributed by atoms with Crippen LogP contribution in [0.1, 0.15) is 93.9 Å². The van der Waals surface area contributed by atoms with Crippen LogP contribution in [0.15, 0.2) is 0 Å². The van der Waals surface area contributed by atoms with Crippen molar-refractivity contribution in [1.29, 1.82) is 0 Å². The highest BCUT2D eigenvalue weighted by molar-refractivity contribution is 5.53. The van der Waals surface area contributed by atoms with Gasteiger partial charge < -0.3 is 20.4 Å². The van der Waals surface area contributed by atoms with Crippen molar-refractivity contribution in [3.63, 3.8) is 0 Å². The molecule has 2 atom stereocenters. The van der Waals surface area contributed by atoms with Gasteiger partial charge >= 0.3 is 12.3 Å². The summed E-state index contributed by atoms with van der Waals surface area (Å²) in [7, 11) is 0. The Labute approximate surface area is 193 Å². The van der Waals surface area contributed by atoms with Crippen LogP contribution < -0.4 is 0 Å². The second-order valence-electron chi connectivity index (χ2n) is 9.46. The van der Waals surface area contributed by atoms with Crippen LogP contribution in [-0.4, -0.2) is 56.5 Å². The molecule has 10 heteroatoms. The number of hydrogen-bond acceptors (Lipinski definition) is 6. The molecule has 0 rings (SSSR count). The van der Waals surface area contributed by atoms with E-state index in [0.717, 1.165) is 37.5 Å². The molecule has 32 heavy (non-hydrogen) atoms. The molecule has 0 aliphatic heterocycles. The average molecular weight is 473 g/mol. The van der Waals surface area contributed by atoms with Gasteiger partial charge in [-0.3, -0.25) is 10.5 Å². The van der Waals surface area contributed by atoms with E-state index < -0.39 is 12.3 Å². The summed E-state index contributed by atoms with van der Waals surface area (Å²) >= 11 is 0. The highest BCUT2D eigenvalue weighted by atomic mass is 17.1. The molecule has 10 nitrogen and oxygen atoms in total. The molecular weight excluding hydrogens is 424 g/mol. The second kappa shape index (κ2) is 22.6. The van der Waals surface area contributed by atoms with E-state index in [1.165, 1.54) is 12.8 Å². The van der Waals surface area contributed by atoms with Crippen molar-refractivity contribution in [1.82, 2.24) is 0 Å². The molecule has 0 amide bonds. The summed E-state index contributed by atoms with van der Waals surface area (Å²) in [5.41, 5.74) is 0.758. The van der Waals surface area contributed by atoms with Gasteiger partial charge in [0.05, 0.1) is 13.2 Å². The van der Waals surface area contributed by atoms with E-state index in [1.54, 1.807) is 0 Å². The first-order valence-electron chi connectivity index (χ1n) is 10.9. The van der Waals surface area contributed by atoms with Gasteiger partial charge in [0.15, 0.2) is 0 Å². The van der Waals surface area contributed by atoms with Crippen LogP contribution in [0.25, 0.3) is 0 Å². The summed E-state index contributed by atoms with van der Waals surface area (Å²) in [6, 6.07) is 0. The molecule has 6 N–H and O–H groups in total. The van der Waals surface area contributed by atoms with Crippen LogP contribution in [0.5, 0.6) is 0 Å². The van der Waals surface area contributed by atoms with Crippen molar-refractivity contribution in [3.8, 4) is 0 Å². The van der Waals surface area contributed by atoms with Crippen molar-refractivity contribution in [2.45, 2.75) is 93.9 Å². The Morgan fingerprint density at radius 1 is 0.656 bits per heavy atom. The van der Waals surface area contributed by atoms with Gasteiger partial charge in [-0.1, -0.05) is 68.2 Å². The molecule has 2 unspecified atom stereocenters. The van der Waals surface area contributed by atoms with Gasteiger partial charge in [0.1, 0.15) is 0 Å². The number of hydrogen-bond donors (Lipinski definition) is 6. The van der Waals surface area contributed by atoms with Gasteiger partial charge in [-0.05, 0) is 48.3 Å². The Morgan fingerprint density at radius 2 is 0.875 bits per heavy atom. The molecule has 0 saturated heterocycles. The molecule has 0 fully saturated rings. The first kappa shape index (κ1) is 37.7. The third-order valence-corrected chi connectivity index (χ3v) is 5.01. The molecule has 0 aliphatic rings. The predicted octanol–water partition coefficient (Wildman–Crippen LogP) is 7.10. The monoisotopic (exact) mass is 472 g/mol. The zero-order valence-electron chi connectivity index (χ0n) is 21.1. The van der Waals surface area contributed by atoms with E-state index in [-0.39, 0.29) is 0 Å². The van der Waals surface area contributed by atoms with Crippen molar-refractivity contribution >= 4 is 12.3 Å². The van der Waals surface area contributed by atoms with Crippen LogP contribution in [0.3, 0.4) is 0 Å². The van der Waals surface area contributed by atoms with Crippen molar-refractivity contribution in [2.75, 3.05) is 13.2 Å². The lowest BCUT2D eigenvalue weighted by Gasteiger charge is -2.29. The zero-order chi connectivity index (χ0) is 26.4. The molecular formula is C22H48O10. The van der Waals surface area contributed by atoms with Gasteiger partial charge in [0.25, 0.3) is 0 Å². The van der Waals surface area contributed by atoms with Crippen molar-refractivity contribution in [2.24, 2.45) is 22.7 Å². The van der Waals surface area contributed by atoms with Gasteiger partial charge in [-0.2, -0.15) is 0 Å². The first-order valence-corrected chi connectivity index (χ1v) is 10.9. The van der Waals surface area contributed by atoms with Gasteiger partial charge in [-0.15, -0.1) is 0 Å². The van der Waals surface area contributed by atoms with Crippen LogP contribution in [-0.2, 0) is 9.78 Å². The second-order valence-corrected chi connectivity index (χ2v) is 9.46. The van der Waals surface area contributed by atoms with Crippen LogP contribution in [0.4, 0.5) is 9.59 Å². The number of carbonyl (C=O) groups is 2. The van der Waals surface area contributed by atoms with E-state index >= 15 is 0 Å². The van der Waals surface area contributed by atoms with Crippen molar-refractivity contribution in [3.05, 3.63) is 0 Å². The van der Waals surface area contributed by atoms with Crippen LogP contribution in [0, 0.1) is 22.7 Å². The van der Waals surface area contributed by atoms with Gasteiger partial charge in [0, 0.05) is 0 Å². The normalized spacial score (nSPS) is 12.6. The Hall–Kier alpha value is -1.62. The fourth-order valence-electron chi connectivity index (χ4n) is 3.29. The molecule has 0 aromatic heterocycles. The SMILES string of the molecule is CCC(CCCOO)C(C)(C)C.CCC(CCCOO)C(C)(C)C.O=C(O)O.O=C(O)O. The minimum Gasteiger partial charge on any atom is -0.450 e. The lowest BCUT2D eigenvalue weighted by atomic mass is 9.77. The minimum absolute atomic E-state index is 0.379. The summed E-state index contributed by atoms with van der Waals surface area (Å²) in [5, 5.41) is 44.2. The molecule has 0 heterocycles. The smallest absolute Gasteiger partial charge is 0.450 e. The minimum atomic E-state index is -1.83.